The van der Waals surface area contributed by atoms with Crippen LogP contribution in [-0.4, -0.2) is 29.8 Å². The highest BCUT2D eigenvalue weighted by molar-refractivity contribution is 5.70. The molecule has 0 unspecified atom stereocenters. The Labute approximate surface area is 154 Å². The van der Waals surface area contributed by atoms with E-state index in [-0.39, 0.29) is 0 Å². The van der Waals surface area contributed by atoms with Crippen molar-refractivity contribution in [2.45, 2.75) is 0 Å². The molecule has 0 fully saturated rings. The van der Waals surface area contributed by atoms with Gasteiger partial charge in [0.05, 0.1) is 10.9 Å². The third-order valence-electron chi connectivity index (χ3n) is 4.25. The Bertz CT molecular complexity index is 1250. The van der Waals surface area contributed by atoms with Crippen molar-refractivity contribution in [1.29, 1.82) is 0 Å². The first-order valence-electron chi connectivity index (χ1n) is 8.55. The largest absolute Gasteiger partial charge is 0.255 e. The van der Waals surface area contributed by atoms with Crippen LogP contribution < -0.4 is 5.22 Å². The molecule has 27 heavy (non-hydrogen) atoms. The molecule has 4 heterocycles. The van der Waals surface area contributed by atoms with Gasteiger partial charge < -0.3 is 0 Å². The first-order chi connectivity index (χ1) is 13.4. The maximum Gasteiger partial charge on any atom is 0.203 e. The summed E-state index contributed by atoms with van der Waals surface area (Å²) in [5.74, 6) is 0.607. The number of nitrogens with zero attached hydrogens (tertiary/aromatic N) is 6. The van der Waals surface area contributed by atoms with Gasteiger partial charge in [-0.3, -0.25) is 9.97 Å². The van der Waals surface area contributed by atoms with Gasteiger partial charge in [0.25, 0.3) is 0 Å². The molecule has 0 aliphatic carbocycles. The number of benzene rings is 1. The lowest BCUT2D eigenvalue weighted by molar-refractivity contribution is 0.958. The summed E-state index contributed by atoms with van der Waals surface area (Å²) in [7, 11) is 0. The van der Waals surface area contributed by atoms with Crippen molar-refractivity contribution < 1.29 is 0 Å². The van der Waals surface area contributed by atoms with Crippen molar-refractivity contribution in [3.05, 3.63) is 89.9 Å². The number of rotatable bonds is 3. The van der Waals surface area contributed by atoms with Crippen molar-refractivity contribution in [3.8, 4) is 22.9 Å². The van der Waals surface area contributed by atoms with Crippen LogP contribution in [0.15, 0.2) is 79.1 Å². The third-order valence-corrected chi connectivity index (χ3v) is 4.25. The summed E-state index contributed by atoms with van der Waals surface area (Å²) >= 11 is 0. The van der Waals surface area contributed by atoms with E-state index in [1.165, 1.54) is 0 Å². The summed E-state index contributed by atoms with van der Waals surface area (Å²) < 4.78 is 1.74. The molecule has 0 atom stereocenters. The molecule has 0 saturated carbocycles. The maximum atomic E-state index is 4.77. The summed E-state index contributed by atoms with van der Waals surface area (Å²) in [6.45, 7) is 0. The summed E-state index contributed by atoms with van der Waals surface area (Å²) in [5.41, 5.74) is 4.02. The zero-order valence-corrected chi connectivity index (χ0v) is 14.3. The maximum absolute atomic E-state index is 4.77. The van der Waals surface area contributed by atoms with E-state index in [1.54, 1.807) is 16.9 Å². The second kappa shape index (κ2) is 6.42. The number of hydrogen-bond donors (Lipinski definition) is 0. The normalized spacial score (nSPS) is 11.9. The smallest absolute Gasteiger partial charge is 0.203 e. The van der Waals surface area contributed by atoms with Crippen molar-refractivity contribution in [2.75, 3.05) is 0 Å². The van der Waals surface area contributed by atoms with E-state index in [4.69, 9.17) is 5.10 Å². The summed E-state index contributed by atoms with van der Waals surface area (Å²) in [5, 5.41) is 14.4. The molecule has 6 heteroatoms. The third kappa shape index (κ3) is 2.73. The lowest BCUT2D eigenvalue weighted by Crippen LogP contribution is -2.04. The Morgan fingerprint density at radius 3 is 2.11 bits per heavy atom. The topological polar surface area (TPSA) is 68.9 Å². The standard InChI is InChI=1S/C21H14N6/c1-2-8-15(9-3-1)14-16-19(17-10-4-6-12-22-17)26-27-20(16)24-25-21(27)18-11-5-7-13-23-18/h1-14H. The molecular weight excluding hydrogens is 336 g/mol. The van der Waals surface area contributed by atoms with E-state index in [1.807, 2.05) is 66.7 Å². The second-order valence-corrected chi connectivity index (χ2v) is 6.01. The fourth-order valence-electron chi connectivity index (χ4n) is 3.00. The Balaban J connectivity index is 1.81. The fourth-order valence-corrected chi connectivity index (χ4v) is 3.00. The molecule has 0 aliphatic heterocycles. The molecule has 0 aliphatic rings. The number of pyridine rings is 2. The van der Waals surface area contributed by atoms with Crippen molar-refractivity contribution >= 4 is 11.7 Å². The quantitative estimate of drug-likeness (QED) is 0.500. The number of aromatic nitrogens is 6. The van der Waals surface area contributed by atoms with Gasteiger partial charge in [0.2, 0.25) is 5.82 Å². The molecule has 0 radical (unpaired) electrons. The Morgan fingerprint density at radius 1 is 0.704 bits per heavy atom. The highest BCUT2D eigenvalue weighted by Crippen LogP contribution is 2.17. The minimum atomic E-state index is 0.607. The lowest BCUT2D eigenvalue weighted by atomic mass is 10.1. The molecule has 5 rings (SSSR count). The van der Waals surface area contributed by atoms with Crippen molar-refractivity contribution in [3.63, 3.8) is 0 Å². The van der Waals surface area contributed by atoms with E-state index in [0.717, 1.165) is 27.9 Å². The average Bonchev–Trinajstić information content (AvgIpc) is 3.30. The van der Waals surface area contributed by atoms with Gasteiger partial charge in [-0.15, -0.1) is 10.2 Å². The van der Waals surface area contributed by atoms with Gasteiger partial charge in [0.1, 0.15) is 11.4 Å². The van der Waals surface area contributed by atoms with Crippen LogP contribution in [0.5, 0.6) is 0 Å². The van der Waals surface area contributed by atoms with Crippen molar-refractivity contribution in [1.82, 2.24) is 29.8 Å². The lowest BCUT2D eigenvalue weighted by Gasteiger charge is -1.96. The predicted octanol–water partition coefficient (Wildman–Crippen LogP) is 2.80. The molecule has 1 aromatic carbocycles. The molecule has 0 bridgehead atoms. The molecule has 128 valence electrons. The fraction of sp³-hybridized carbons (Fsp3) is 0. The first kappa shape index (κ1) is 15.3. The van der Waals surface area contributed by atoms with E-state index in [9.17, 15) is 0 Å². The van der Waals surface area contributed by atoms with Gasteiger partial charge in [-0.25, -0.2) is 0 Å². The molecule has 0 saturated heterocycles. The average molecular weight is 350 g/mol. The molecule has 0 amide bonds. The SMILES string of the molecule is C(c1ccccc1)=c1c(-c2ccccn2)nn2c(-c3ccccn3)nnc12. The predicted molar refractivity (Wildman–Crippen MR) is 102 cm³/mol. The van der Waals surface area contributed by atoms with Gasteiger partial charge in [0.15, 0.2) is 5.65 Å². The minimum absolute atomic E-state index is 0.607. The summed E-state index contributed by atoms with van der Waals surface area (Å²) in [4.78, 5) is 8.85. The molecule has 0 spiro atoms. The van der Waals surface area contributed by atoms with Gasteiger partial charge in [-0.1, -0.05) is 42.5 Å². The van der Waals surface area contributed by atoms with E-state index in [2.05, 4.69) is 26.2 Å². The van der Waals surface area contributed by atoms with Crippen LogP contribution in [0.2, 0.25) is 0 Å². The Hall–Kier alpha value is -3.93. The van der Waals surface area contributed by atoms with Gasteiger partial charge >= 0.3 is 0 Å². The van der Waals surface area contributed by atoms with E-state index < -0.39 is 0 Å². The van der Waals surface area contributed by atoms with Crippen molar-refractivity contribution in [2.24, 2.45) is 0 Å². The highest BCUT2D eigenvalue weighted by atomic mass is 15.4. The highest BCUT2D eigenvalue weighted by Gasteiger charge is 2.17. The van der Waals surface area contributed by atoms with Gasteiger partial charge in [0, 0.05) is 12.4 Å². The number of fused-ring (bicyclic) bond motifs is 1. The van der Waals surface area contributed by atoms with Crippen LogP contribution in [0.1, 0.15) is 5.56 Å². The number of hydrogen-bond acceptors (Lipinski definition) is 5. The second-order valence-electron chi connectivity index (χ2n) is 6.01. The molecule has 0 N–H and O–H groups in total. The Kier molecular flexibility index (Phi) is 3.65. The Morgan fingerprint density at radius 2 is 1.41 bits per heavy atom. The monoisotopic (exact) mass is 350 g/mol. The zero-order chi connectivity index (χ0) is 18.1. The first-order valence-corrected chi connectivity index (χ1v) is 8.55. The van der Waals surface area contributed by atoms with Crippen LogP contribution in [0, 0.1) is 0 Å². The molecule has 4 aromatic heterocycles. The summed E-state index contributed by atoms with van der Waals surface area (Å²) in [6.07, 6.45) is 5.55. The van der Waals surface area contributed by atoms with E-state index in [0.29, 0.717) is 11.5 Å². The van der Waals surface area contributed by atoms with Gasteiger partial charge in [-0.2, -0.15) is 9.61 Å². The van der Waals surface area contributed by atoms with Crippen LogP contribution in [0.25, 0.3) is 34.6 Å². The van der Waals surface area contributed by atoms with Crippen LogP contribution in [-0.2, 0) is 0 Å². The van der Waals surface area contributed by atoms with Crippen LogP contribution >= 0.6 is 0 Å². The summed E-state index contributed by atoms with van der Waals surface area (Å²) in [6, 6.07) is 21.5. The van der Waals surface area contributed by atoms with E-state index >= 15 is 0 Å². The molecule has 6 nitrogen and oxygen atoms in total. The zero-order valence-electron chi connectivity index (χ0n) is 14.3. The minimum Gasteiger partial charge on any atom is -0.255 e. The van der Waals surface area contributed by atoms with Gasteiger partial charge in [-0.05, 0) is 35.9 Å². The molecular formula is C21H14N6. The molecule has 5 aromatic rings. The van der Waals surface area contributed by atoms with Crippen LogP contribution in [0.4, 0.5) is 0 Å². The van der Waals surface area contributed by atoms with Crippen LogP contribution in [0.3, 0.4) is 0 Å².